The van der Waals surface area contributed by atoms with Gasteiger partial charge >= 0.3 is 0 Å². The Morgan fingerprint density at radius 3 is 2.65 bits per heavy atom. The summed E-state index contributed by atoms with van der Waals surface area (Å²) in [5.74, 6) is 2.36. The van der Waals surface area contributed by atoms with E-state index in [1.165, 1.54) is 25.7 Å². The van der Waals surface area contributed by atoms with Crippen LogP contribution in [-0.4, -0.2) is 43.0 Å². The Bertz CT molecular complexity index is 750. The van der Waals surface area contributed by atoms with Crippen molar-refractivity contribution in [3.8, 4) is 0 Å². The molecule has 7 nitrogen and oxygen atoms in total. The summed E-state index contributed by atoms with van der Waals surface area (Å²) in [6.07, 6.45) is 8.64. The Labute approximate surface area is 187 Å². The molecule has 31 heavy (non-hydrogen) atoms. The lowest BCUT2D eigenvalue weighted by Gasteiger charge is -2.43. The van der Waals surface area contributed by atoms with Crippen LogP contribution in [0.3, 0.4) is 0 Å². The molecule has 1 aliphatic carbocycles. The van der Waals surface area contributed by atoms with Gasteiger partial charge in [-0.2, -0.15) is 0 Å². The molecule has 0 aromatic carbocycles. The van der Waals surface area contributed by atoms with E-state index in [0.29, 0.717) is 12.0 Å². The smallest absolute Gasteiger partial charge is 0.220 e. The highest BCUT2D eigenvalue weighted by Crippen LogP contribution is 2.45. The first-order valence-corrected chi connectivity index (χ1v) is 11.9. The second-order valence-corrected chi connectivity index (χ2v) is 9.65. The Balaban J connectivity index is 1.64. The molecule has 1 saturated carbocycles. The molecule has 3 rings (SSSR count). The normalized spacial score (nSPS) is 19.2. The number of carbonyl (C=O) groups excluding carboxylic acids is 1. The second kappa shape index (κ2) is 10.8. The lowest BCUT2D eigenvalue weighted by atomic mass is 9.64. The number of hydrogen-bond donors (Lipinski definition) is 3. The fourth-order valence-corrected chi connectivity index (χ4v) is 4.99. The molecule has 2 fully saturated rings. The van der Waals surface area contributed by atoms with Crippen LogP contribution < -0.4 is 21.3 Å². The molecule has 0 atom stereocenters. The zero-order valence-corrected chi connectivity index (χ0v) is 19.5. The Morgan fingerprint density at radius 2 is 2.06 bits per heavy atom. The third-order valence-corrected chi connectivity index (χ3v) is 6.70. The van der Waals surface area contributed by atoms with Crippen molar-refractivity contribution < 1.29 is 4.79 Å². The number of nitrogens with one attached hydrogen (secondary N) is 2. The largest absolute Gasteiger partial charge is 0.369 e. The van der Waals surface area contributed by atoms with E-state index in [0.717, 1.165) is 62.3 Å². The number of hydrogen-bond acceptors (Lipinski definition) is 4. The van der Waals surface area contributed by atoms with Crippen LogP contribution in [0.4, 0.5) is 5.82 Å². The maximum Gasteiger partial charge on any atom is 0.220 e. The van der Waals surface area contributed by atoms with Gasteiger partial charge in [-0.1, -0.05) is 26.3 Å². The molecule has 0 spiro atoms. The minimum Gasteiger partial charge on any atom is -0.369 e. The SMILES string of the molecule is CCNC(=NCc1cccnc1N1CCC(C(N)=O)CC1)NCC1(CC(C)C)CCC1. The lowest BCUT2D eigenvalue weighted by molar-refractivity contribution is -0.122. The first-order valence-electron chi connectivity index (χ1n) is 11.9. The van der Waals surface area contributed by atoms with Gasteiger partial charge in [-0.25, -0.2) is 9.98 Å². The van der Waals surface area contributed by atoms with Gasteiger partial charge in [-0.3, -0.25) is 4.79 Å². The first-order chi connectivity index (χ1) is 14.9. The van der Waals surface area contributed by atoms with Crippen LogP contribution >= 0.6 is 0 Å². The van der Waals surface area contributed by atoms with E-state index in [1.807, 2.05) is 12.3 Å². The molecule has 7 heteroatoms. The minimum atomic E-state index is -0.187. The molecular weight excluding hydrogens is 388 g/mol. The van der Waals surface area contributed by atoms with Crippen molar-refractivity contribution >= 4 is 17.7 Å². The zero-order valence-electron chi connectivity index (χ0n) is 19.5. The van der Waals surface area contributed by atoms with Crippen molar-refractivity contribution in [3.63, 3.8) is 0 Å². The average molecular weight is 429 g/mol. The maximum absolute atomic E-state index is 11.5. The number of nitrogens with zero attached hydrogens (tertiary/aromatic N) is 3. The predicted octanol–water partition coefficient (Wildman–Crippen LogP) is 3.05. The minimum absolute atomic E-state index is 0.0179. The highest BCUT2D eigenvalue weighted by atomic mass is 16.1. The summed E-state index contributed by atoms with van der Waals surface area (Å²) >= 11 is 0. The number of pyridine rings is 1. The summed E-state index contributed by atoms with van der Waals surface area (Å²) in [6, 6.07) is 4.07. The van der Waals surface area contributed by atoms with Crippen LogP contribution in [0.15, 0.2) is 23.3 Å². The van der Waals surface area contributed by atoms with Gasteiger partial charge in [0.2, 0.25) is 5.91 Å². The second-order valence-electron chi connectivity index (χ2n) is 9.65. The van der Waals surface area contributed by atoms with Crippen LogP contribution in [0, 0.1) is 17.3 Å². The van der Waals surface area contributed by atoms with E-state index in [4.69, 9.17) is 10.7 Å². The van der Waals surface area contributed by atoms with Gasteiger partial charge in [0.05, 0.1) is 6.54 Å². The number of carbonyl (C=O) groups is 1. The molecule has 1 aromatic heterocycles. The molecule has 2 aliphatic rings. The molecule has 1 saturated heterocycles. The molecular formula is C24H40N6O. The molecule has 4 N–H and O–H groups in total. The summed E-state index contributed by atoms with van der Waals surface area (Å²) in [5.41, 5.74) is 7.02. The van der Waals surface area contributed by atoms with Crippen LogP contribution in [-0.2, 0) is 11.3 Å². The highest BCUT2D eigenvalue weighted by molar-refractivity contribution is 5.80. The van der Waals surface area contributed by atoms with Crippen LogP contribution in [0.2, 0.25) is 0 Å². The van der Waals surface area contributed by atoms with Gasteiger partial charge < -0.3 is 21.3 Å². The molecule has 1 aliphatic heterocycles. The molecule has 2 heterocycles. The number of nitrogens with two attached hydrogens (primary N) is 1. The number of amides is 1. The number of aromatic nitrogens is 1. The van der Waals surface area contributed by atoms with Crippen molar-refractivity contribution in [3.05, 3.63) is 23.9 Å². The van der Waals surface area contributed by atoms with Crippen molar-refractivity contribution in [2.75, 3.05) is 31.1 Å². The molecule has 0 bridgehead atoms. The monoisotopic (exact) mass is 428 g/mol. The highest BCUT2D eigenvalue weighted by Gasteiger charge is 2.37. The third kappa shape index (κ3) is 6.34. The van der Waals surface area contributed by atoms with E-state index in [-0.39, 0.29) is 11.8 Å². The number of guanidine groups is 1. The molecule has 0 radical (unpaired) electrons. The number of primary amides is 1. The predicted molar refractivity (Wildman–Crippen MR) is 127 cm³/mol. The summed E-state index contributed by atoms with van der Waals surface area (Å²) in [7, 11) is 0. The van der Waals surface area contributed by atoms with Crippen LogP contribution in [0.25, 0.3) is 0 Å². The molecule has 1 aromatic rings. The summed E-state index contributed by atoms with van der Waals surface area (Å²) in [6.45, 7) is 10.7. The van der Waals surface area contributed by atoms with Crippen molar-refractivity contribution in [2.24, 2.45) is 28.0 Å². The summed E-state index contributed by atoms with van der Waals surface area (Å²) in [4.78, 5) is 23.3. The number of aliphatic imine (C=N–C) groups is 1. The van der Waals surface area contributed by atoms with E-state index in [9.17, 15) is 4.79 Å². The van der Waals surface area contributed by atoms with Crippen LogP contribution in [0.1, 0.15) is 64.9 Å². The average Bonchev–Trinajstić information content (AvgIpc) is 2.73. The third-order valence-electron chi connectivity index (χ3n) is 6.70. The van der Waals surface area contributed by atoms with Gasteiger partial charge in [0.15, 0.2) is 5.96 Å². The molecule has 1 amide bonds. The van der Waals surface area contributed by atoms with E-state index >= 15 is 0 Å². The maximum atomic E-state index is 11.5. The zero-order chi connectivity index (χ0) is 22.3. The van der Waals surface area contributed by atoms with Gasteiger partial charge in [0.1, 0.15) is 5.82 Å². The Kier molecular flexibility index (Phi) is 8.15. The Hall–Kier alpha value is -2.31. The van der Waals surface area contributed by atoms with Gasteiger partial charge in [-0.15, -0.1) is 0 Å². The van der Waals surface area contributed by atoms with Gasteiger partial charge in [0, 0.05) is 43.9 Å². The Morgan fingerprint density at radius 1 is 1.32 bits per heavy atom. The quantitative estimate of drug-likeness (QED) is 0.415. The van der Waals surface area contributed by atoms with Gasteiger partial charge in [-0.05, 0) is 56.4 Å². The fourth-order valence-electron chi connectivity index (χ4n) is 4.99. The van der Waals surface area contributed by atoms with Gasteiger partial charge in [0.25, 0.3) is 0 Å². The summed E-state index contributed by atoms with van der Waals surface area (Å²) < 4.78 is 0. The molecule has 172 valence electrons. The first kappa shape index (κ1) is 23.4. The van der Waals surface area contributed by atoms with Crippen molar-refractivity contribution in [2.45, 2.75) is 65.8 Å². The standard InChI is InChI=1S/C24H40N6O/c1-4-26-23(29-17-24(10-6-11-24)15-18(2)3)28-16-20-7-5-12-27-22(20)30-13-8-19(9-14-30)21(25)31/h5,7,12,18-19H,4,6,8-11,13-17H2,1-3H3,(H2,25,31)(H2,26,28,29). The van der Waals surface area contributed by atoms with E-state index in [2.05, 4.69) is 47.4 Å². The van der Waals surface area contributed by atoms with E-state index < -0.39 is 0 Å². The number of rotatable bonds is 9. The lowest BCUT2D eigenvalue weighted by Crippen LogP contribution is -2.47. The molecule has 0 unspecified atom stereocenters. The van der Waals surface area contributed by atoms with Crippen LogP contribution in [0.5, 0.6) is 0 Å². The summed E-state index contributed by atoms with van der Waals surface area (Å²) in [5, 5.41) is 7.01. The topological polar surface area (TPSA) is 95.6 Å². The van der Waals surface area contributed by atoms with E-state index in [1.54, 1.807) is 0 Å². The number of piperidine rings is 1. The fraction of sp³-hybridized carbons (Fsp3) is 0.708. The number of anilines is 1. The van der Waals surface area contributed by atoms with Crippen molar-refractivity contribution in [1.29, 1.82) is 0 Å². The van der Waals surface area contributed by atoms with Crippen molar-refractivity contribution in [1.82, 2.24) is 15.6 Å².